The number of hydrogen-bond acceptors (Lipinski definition) is 4. The third-order valence-corrected chi connectivity index (χ3v) is 1.23. The summed E-state index contributed by atoms with van der Waals surface area (Å²) < 4.78 is 9.07. The normalized spacial score (nSPS) is 9.73. The van der Waals surface area contributed by atoms with Crippen molar-refractivity contribution in [1.29, 1.82) is 0 Å². The molecule has 0 unspecified atom stereocenters. The van der Waals surface area contributed by atoms with Crippen LogP contribution in [-0.4, -0.2) is 25.2 Å². The van der Waals surface area contributed by atoms with Crippen LogP contribution in [-0.2, 0) is 14.3 Å². The molecular weight excluding hydrogens is 222 g/mol. The number of nitrogens with one attached hydrogen (secondary N) is 1. The Bertz CT molecular complexity index is 275. The summed E-state index contributed by atoms with van der Waals surface area (Å²) in [6, 6.07) is 0. The van der Waals surface area contributed by atoms with Crippen LogP contribution < -0.4 is 5.32 Å². The Morgan fingerprint density at radius 1 is 1.53 bits per heavy atom. The molecule has 1 amide bonds. The van der Waals surface area contributed by atoms with Gasteiger partial charge in [0.25, 0.3) is 0 Å². The molecule has 0 aliphatic rings. The van der Waals surface area contributed by atoms with Crippen LogP contribution in [0.25, 0.3) is 0 Å². The number of allylic oxidation sites excluding steroid dienone is 2. The number of ether oxygens (including phenoxy) is 2. The molecular formula is C9H12ClNO4. The van der Waals surface area contributed by atoms with Gasteiger partial charge in [-0.05, 0) is 13.0 Å². The van der Waals surface area contributed by atoms with Gasteiger partial charge in [0.05, 0.1) is 12.9 Å². The Balaban J connectivity index is 3.66. The van der Waals surface area contributed by atoms with Crippen molar-refractivity contribution in [2.75, 3.05) is 13.2 Å². The molecule has 5 nitrogen and oxygen atoms in total. The fourth-order valence-electron chi connectivity index (χ4n) is 0.552. The van der Waals surface area contributed by atoms with Crippen LogP contribution in [0.2, 0.25) is 0 Å². The van der Waals surface area contributed by atoms with Gasteiger partial charge in [-0.1, -0.05) is 18.2 Å². The molecule has 0 aliphatic carbocycles. The summed E-state index contributed by atoms with van der Waals surface area (Å²) in [4.78, 5) is 21.7. The van der Waals surface area contributed by atoms with Crippen molar-refractivity contribution in [3.8, 4) is 0 Å². The minimum Gasteiger partial charge on any atom is -0.450 e. The molecule has 0 heterocycles. The third kappa shape index (κ3) is 8.83. The monoisotopic (exact) mass is 233 g/mol. The van der Waals surface area contributed by atoms with Crippen LogP contribution in [0.3, 0.4) is 0 Å². The molecule has 0 bridgehead atoms. The highest BCUT2D eigenvalue weighted by atomic mass is 35.5. The van der Waals surface area contributed by atoms with E-state index in [0.29, 0.717) is 0 Å². The van der Waals surface area contributed by atoms with Gasteiger partial charge in [-0.2, -0.15) is 0 Å². The van der Waals surface area contributed by atoms with E-state index < -0.39 is 12.1 Å². The maximum Gasteiger partial charge on any atom is 0.407 e. The van der Waals surface area contributed by atoms with E-state index in [1.54, 1.807) is 6.92 Å². The van der Waals surface area contributed by atoms with E-state index in [4.69, 9.17) is 11.6 Å². The second-order valence-corrected chi connectivity index (χ2v) is 2.80. The third-order valence-electron chi connectivity index (χ3n) is 1.10. The molecule has 0 saturated heterocycles. The Morgan fingerprint density at radius 3 is 2.73 bits per heavy atom. The molecule has 0 saturated carbocycles. The molecule has 0 aromatic carbocycles. The zero-order valence-corrected chi connectivity index (χ0v) is 9.04. The minimum absolute atomic E-state index is 0.237. The summed E-state index contributed by atoms with van der Waals surface area (Å²) >= 11 is 5.37. The Kier molecular flexibility index (Phi) is 7.09. The Hall–Kier alpha value is -1.49. The van der Waals surface area contributed by atoms with Crippen molar-refractivity contribution in [1.82, 2.24) is 5.32 Å². The van der Waals surface area contributed by atoms with Gasteiger partial charge in [-0.15, -0.1) is 0 Å². The highest BCUT2D eigenvalue weighted by Gasteiger charge is 2.04. The van der Waals surface area contributed by atoms with Crippen molar-refractivity contribution in [3.63, 3.8) is 0 Å². The molecule has 84 valence electrons. The van der Waals surface area contributed by atoms with Crippen molar-refractivity contribution >= 4 is 23.7 Å². The van der Waals surface area contributed by atoms with Gasteiger partial charge in [0.15, 0.2) is 0 Å². The standard InChI is InChI=1S/C9H12ClNO4/c1-3-14-9(13)11-6-8(12)15-5-4-7(2)10/h4-5H,2-3,6H2,1H3,(H,11,13). The maximum atomic E-state index is 10.9. The zero-order chi connectivity index (χ0) is 11.7. The van der Waals surface area contributed by atoms with E-state index in [9.17, 15) is 9.59 Å². The summed E-state index contributed by atoms with van der Waals surface area (Å²) in [5.74, 6) is -0.628. The number of carbonyl (C=O) groups excluding carboxylic acids is 2. The lowest BCUT2D eigenvalue weighted by Gasteiger charge is -2.03. The minimum atomic E-state index is -0.666. The fraction of sp³-hybridized carbons (Fsp3) is 0.333. The predicted molar refractivity (Wildman–Crippen MR) is 55.2 cm³/mol. The van der Waals surface area contributed by atoms with Crippen LogP contribution in [0, 0.1) is 0 Å². The molecule has 0 aromatic rings. The Morgan fingerprint density at radius 2 is 2.20 bits per heavy atom. The smallest absolute Gasteiger partial charge is 0.407 e. The molecule has 0 aromatic heterocycles. The quantitative estimate of drug-likeness (QED) is 0.445. The molecule has 1 N–H and O–H groups in total. The highest BCUT2D eigenvalue weighted by molar-refractivity contribution is 6.30. The molecule has 0 rings (SSSR count). The molecule has 0 spiro atoms. The van der Waals surface area contributed by atoms with Crippen LogP contribution in [0.15, 0.2) is 23.9 Å². The van der Waals surface area contributed by atoms with Crippen molar-refractivity contribution < 1.29 is 19.1 Å². The molecule has 0 fully saturated rings. The van der Waals surface area contributed by atoms with Crippen molar-refractivity contribution in [3.05, 3.63) is 23.9 Å². The van der Waals surface area contributed by atoms with Crippen LogP contribution in [0.4, 0.5) is 4.79 Å². The summed E-state index contributed by atoms with van der Waals surface area (Å²) in [5, 5.41) is 2.43. The van der Waals surface area contributed by atoms with Gasteiger partial charge in [0.2, 0.25) is 0 Å². The molecule has 6 heteroatoms. The van der Waals surface area contributed by atoms with E-state index in [-0.39, 0.29) is 18.2 Å². The molecule has 0 radical (unpaired) electrons. The Labute approximate surface area is 92.7 Å². The molecule has 15 heavy (non-hydrogen) atoms. The van der Waals surface area contributed by atoms with E-state index >= 15 is 0 Å². The van der Waals surface area contributed by atoms with Gasteiger partial charge in [0.1, 0.15) is 6.54 Å². The van der Waals surface area contributed by atoms with Gasteiger partial charge in [0, 0.05) is 5.03 Å². The maximum absolute atomic E-state index is 10.9. The second-order valence-electron chi connectivity index (χ2n) is 2.31. The number of halogens is 1. The summed E-state index contributed by atoms with van der Waals surface area (Å²) in [6.07, 6.45) is 1.73. The lowest BCUT2D eigenvalue weighted by Crippen LogP contribution is -2.30. The van der Waals surface area contributed by atoms with Crippen molar-refractivity contribution in [2.24, 2.45) is 0 Å². The first-order valence-corrected chi connectivity index (χ1v) is 4.55. The largest absolute Gasteiger partial charge is 0.450 e. The van der Waals surface area contributed by atoms with Gasteiger partial charge >= 0.3 is 12.1 Å². The van der Waals surface area contributed by atoms with Crippen LogP contribution >= 0.6 is 11.6 Å². The average molecular weight is 234 g/mol. The van der Waals surface area contributed by atoms with E-state index in [2.05, 4.69) is 21.4 Å². The van der Waals surface area contributed by atoms with Crippen LogP contribution in [0.5, 0.6) is 0 Å². The first-order chi connectivity index (χ1) is 7.06. The van der Waals surface area contributed by atoms with Gasteiger partial charge in [-0.25, -0.2) is 9.59 Å². The number of rotatable bonds is 5. The lowest BCUT2D eigenvalue weighted by atomic mass is 10.6. The zero-order valence-electron chi connectivity index (χ0n) is 8.29. The van der Waals surface area contributed by atoms with E-state index in [1.165, 1.54) is 6.08 Å². The number of amides is 1. The summed E-state index contributed by atoms with van der Waals surface area (Å²) in [7, 11) is 0. The van der Waals surface area contributed by atoms with Crippen molar-refractivity contribution in [2.45, 2.75) is 6.92 Å². The molecule has 0 atom stereocenters. The SMILES string of the molecule is C=C(Cl)C=COC(=O)CNC(=O)OCC. The predicted octanol–water partition coefficient (Wildman–Crippen LogP) is 1.54. The number of carbonyl (C=O) groups is 2. The summed E-state index contributed by atoms with van der Waals surface area (Å²) in [6.45, 7) is 4.98. The first-order valence-electron chi connectivity index (χ1n) is 4.17. The number of alkyl carbamates (subject to hydrolysis) is 1. The summed E-state index contributed by atoms with van der Waals surface area (Å²) in [5.41, 5.74) is 0. The topological polar surface area (TPSA) is 64.6 Å². The number of esters is 1. The fourth-order valence-corrected chi connectivity index (χ4v) is 0.603. The highest BCUT2D eigenvalue weighted by Crippen LogP contribution is 1.97. The van der Waals surface area contributed by atoms with Gasteiger partial charge in [-0.3, -0.25) is 0 Å². The van der Waals surface area contributed by atoms with Crippen LogP contribution in [0.1, 0.15) is 6.92 Å². The average Bonchev–Trinajstić information content (AvgIpc) is 2.14. The number of hydrogen-bond donors (Lipinski definition) is 1. The van der Waals surface area contributed by atoms with E-state index in [0.717, 1.165) is 6.26 Å². The van der Waals surface area contributed by atoms with Gasteiger partial charge < -0.3 is 14.8 Å². The first kappa shape index (κ1) is 13.5. The van der Waals surface area contributed by atoms with E-state index in [1.807, 2.05) is 0 Å². The molecule has 0 aliphatic heterocycles. The lowest BCUT2D eigenvalue weighted by molar-refractivity contribution is -0.136. The second kappa shape index (κ2) is 7.87.